The molecule has 3 aromatic carbocycles. The largest absolute Gasteiger partial charge is 0.489 e. The predicted molar refractivity (Wildman–Crippen MR) is 122 cm³/mol. The summed E-state index contributed by atoms with van der Waals surface area (Å²) < 4.78 is 11.7. The summed E-state index contributed by atoms with van der Waals surface area (Å²) in [5.74, 6) is 1.22. The van der Waals surface area contributed by atoms with E-state index in [0.717, 1.165) is 11.1 Å². The first-order chi connectivity index (χ1) is 14.5. The monoisotopic (exact) mass is 436 g/mol. The fourth-order valence-corrected chi connectivity index (χ4v) is 3.63. The van der Waals surface area contributed by atoms with Gasteiger partial charge in [-0.2, -0.15) is 0 Å². The van der Waals surface area contributed by atoms with Crippen molar-refractivity contribution in [2.45, 2.75) is 6.92 Å². The van der Waals surface area contributed by atoms with E-state index in [-0.39, 0.29) is 11.5 Å². The normalized spacial score (nSPS) is 14.2. The molecule has 3 nitrogen and oxygen atoms in total. The highest BCUT2D eigenvalue weighted by Crippen LogP contribution is 2.39. The van der Waals surface area contributed by atoms with Gasteiger partial charge in [0.25, 0.3) is 0 Å². The molecule has 5 heteroatoms. The van der Waals surface area contributed by atoms with Crippen LogP contribution in [0.15, 0.2) is 72.5 Å². The summed E-state index contributed by atoms with van der Waals surface area (Å²) in [4.78, 5) is 12.7. The minimum atomic E-state index is -0.186. The first-order valence-corrected chi connectivity index (χ1v) is 10.2. The van der Waals surface area contributed by atoms with Crippen molar-refractivity contribution in [3.8, 4) is 11.5 Å². The Morgan fingerprint density at radius 3 is 2.60 bits per heavy atom. The number of hydrogen-bond donors (Lipinski definition) is 0. The molecule has 0 N–H and O–H groups in total. The Labute approximate surface area is 185 Å². The van der Waals surface area contributed by atoms with Crippen molar-refractivity contribution in [2.75, 3.05) is 6.61 Å². The van der Waals surface area contributed by atoms with Gasteiger partial charge in [0.1, 0.15) is 18.1 Å². The Kier molecular flexibility index (Phi) is 5.93. The van der Waals surface area contributed by atoms with Crippen molar-refractivity contribution in [2.24, 2.45) is 0 Å². The molecule has 0 radical (unpaired) electrons. The van der Waals surface area contributed by atoms with Gasteiger partial charge < -0.3 is 9.47 Å². The van der Waals surface area contributed by atoms with Crippen LogP contribution in [0.3, 0.4) is 0 Å². The molecule has 0 aromatic heterocycles. The molecule has 0 bridgehead atoms. The van der Waals surface area contributed by atoms with E-state index in [2.05, 4.69) is 0 Å². The minimum Gasteiger partial charge on any atom is -0.489 e. The van der Waals surface area contributed by atoms with Crippen molar-refractivity contribution in [3.05, 3.63) is 105 Å². The first-order valence-electron chi connectivity index (χ1n) is 9.40. The molecule has 0 fully saturated rings. The van der Waals surface area contributed by atoms with Gasteiger partial charge in [-0.05, 0) is 54.5 Å². The number of ketones is 1. The molecule has 0 atom stereocenters. The topological polar surface area (TPSA) is 35.5 Å². The number of carbonyl (C=O) groups excluding carboxylic acids is 1. The molecule has 0 aliphatic carbocycles. The molecule has 3 aromatic rings. The fraction of sp³-hybridized carbons (Fsp3) is 0.0800. The summed E-state index contributed by atoms with van der Waals surface area (Å²) >= 11 is 12.2. The van der Waals surface area contributed by atoms with E-state index < -0.39 is 0 Å². The summed E-state index contributed by atoms with van der Waals surface area (Å²) in [6.07, 6.45) is 5.57. The molecule has 0 unspecified atom stereocenters. The Morgan fingerprint density at radius 2 is 1.83 bits per heavy atom. The van der Waals surface area contributed by atoms with Crippen LogP contribution in [0.25, 0.3) is 12.2 Å². The van der Waals surface area contributed by atoms with Crippen LogP contribution < -0.4 is 9.47 Å². The third kappa shape index (κ3) is 4.28. The van der Waals surface area contributed by atoms with Crippen molar-refractivity contribution < 1.29 is 14.3 Å². The molecule has 0 saturated carbocycles. The van der Waals surface area contributed by atoms with Gasteiger partial charge >= 0.3 is 0 Å². The molecule has 150 valence electrons. The molecule has 4 rings (SSSR count). The van der Waals surface area contributed by atoms with Crippen LogP contribution in [0.5, 0.6) is 11.5 Å². The summed E-state index contributed by atoms with van der Waals surface area (Å²) in [6.45, 7) is 2.28. The third-order valence-corrected chi connectivity index (χ3v) is 5.29. The summed E-state index contributed by atoms with van der Waals surface area (Å²) in [5.41, 5.74) is 3.06. The Morgan fingerprint density at radius 1 is 1.03 bits per heavy atom. The fourth-order valence-electron chi connectivity index (χ4n) is 3.17. The minimum absolute atomic E-state index is 0.186. The number of halogens is 2. The zero-order valence-corrected chi connectivity index (χ0v) is 17.7. The van der Waals surface area contributed by atoms with Gasteiger partial charge in [-0.3, -0.25) is 4.79 Å². The molecular weight excluding hydrogens is 419 g/mol. The second kappa shape index (κ2) is 8.78. The van der Waals surface area contributed by atoms with Gasteiger partial charge in [0.15, 0.2) is 5.76 Å². The lowest BCUT2D eigenvalue weighted by Gasteiger charge is -2.10. The van der Waals surface area contributed by atoms with Crippen LogP contribution in [-0.2, 0) is 0 Å². The second-order valence-electron chi connectivity index (χ2n) is 6.80. The average Bonchev–Trinajstić information content (AvgIpc) is 3.06. The van der Waals surface area contributed by atoms with Crippen LogP contribution in [0, 0.1) is 6.92 Å². The lowest BCUT2D eigenvalue weighted by molar-refractivity contribution is 0.101. The quantitative estimate of drug-likeness (QED) is 0.403. The first kappa shape index (κ1) is 20.3. The molecule has 0 amide bonds. The lowest BCUT2D eigenvalue weighted by Crippen LogP contribution is -1.98. The van der Waals surface area contributed by atoms with Gasteiger partial charge in [-0.25, -0.2) is 0 Å². The van der Waals surface area contributed by atoms with E-state index >= 15 is 0 Å². The van der Waals surface area contributed by atoms with Crippen LogP contribution in [-0.4, -0.2) is 12.4 Å². The number of hydrogen-bond acceptors (Lipinski definition) is 3. The summed E-state index contributed by atoms with van der Waals surface area (Å²) in [5, 5.41) is 0.983. The molecule has 0 saturated heterocycles. The maximum absolute atomic E-state index is 12.7. The van der Waals surface area contributed by atoms with Crippen molar-refractivity contribution in [1.82, 2.24) is 0 Å². The zero-order valence-electron chi connectivity index (χ0n) is 16.2. The highest BCUT2D eigenvalue weighted by molar-refractivity contribution is 6.35. The number of fused-ring (bicyclic) bond motifs is 1. The predicted octanol–water partition coefficient (Wildman–Crippen LogP) is 7.01. The third-order valence-electron chi connectivity index (χ3n) is 4.73. The highest BCUT2D eigenvalue weighted by Gasteiger charge is 2.30. The van der Waals surface area contributed by atoms with E-state index in [1.807, 2.05) is 49.4 Å². The van der Waals surface area contributed by atoms with E-state index in [4.69, 9.17) is 32.7 Å². The SMILES string of the molecule is Cc1c(OC/C=C/c2ccccc2)ccc2c1O/C(=C\c1ccc(Cl)cc1Cl)C2=O. The number of allylic oxidation sites excluding steroid dienone is 1. The number of Topliss-reactive ketones (excluding diaryl/α,β-unsaturated/α-hetero) is 1. The smallest absolute Gasteiger partial charge is 0.231 e. The number of benzene rings is 3. The number of rotatable bonds is 5. The maximum atomic E-state index is 12.7. The van der Waals surface area contributed by atoms with Crippen LogP contribution >= 0.6 is 23.2 Å². The molecule has 30 heavy (non-hydrogen) atoms. The maximum Gasteiger partial charge on any atom is 0.231 e. The molecule has 1 aliphatic rings. The van der Waals surface area contributed by atoms with Crippen molar-refractivity contribution in [1.29, 1.82) is 0 Å². The second-order valence-corrected chi connectivity index (χ2v) is 7.64. The van der Waals surface area contributed by atoms with E-state index in [1.165, 1.54) is 0 Å². The summed E-state index contributed by atoms with van der Waals surface area (Å²) in [6, 6.07) is 18.6. The molecule has 1 heterocycles. The Balaban J connectivity index is 1.51. The number of ether oxygens (including phenoxy) is 2. The van der Waals surface area contributed by atoms with Crippen molar-refractivity contribution >= 4 is 41.1 Å². The van der Waals surface area contributed by atoms with Gasteiger partial charge in [0.05, 0.1) is 5.56 Å². The highest BCUT2D eigenvalue weighted by atomic mass is 35.5. The van der Waals surface area contributed by atoms with Crippen molar-refractivity contribution in [3.63, 3.8) is 0 Å². The lowest BCUT2D eigenvalue weighted by atomic mass is 10.1. The molecule has 1 aliphatic heterocycles. The molecule has 0 spiro atoms. The zero-order chi connectivity index (χ0) is 21.1. The van der Waals surface area contributed by atoms with Gasteiger partial charge in [-0.1, -0.05) is 65.7 Å². The van der Waals surface area contributed by atoms with Crippen LogP contribution in [0.1, 0.15) is 27.0 Å². The van der Waals surface area contributed by atoms with E-state index in [9.17, 15) is 4.79 Å². The number of carbonyl (C=O) groups is 1. The standard InChI is InChI=1S/C25H18Cl2O3/c1-16-22(29-13-5-8-17-6-3-2-4-7-17)12-11-20-24(28)23(30-25(16)20)14-18-9-10-19(26)15-21(18)27/h2-12,14-15H,13H2,1H3/b8-5+,23-14-. The van der Waals surface area contributed by atoms with Gasteiger partial charge in [0.2, 0.25) is 5.78 Å². The van der Waals surface area contributed by atoms with Gasteiger partial charge in [0, 0.05) is 15.6 Å². The van der Waals surface area contributed by atoms with Crippen LogP contribution in [0.2, 0.25) is 10.0 Å². The van der Waals surface area contributed by atoms with E-state index in [1.54, 1.807) is 36.4 Å². The van der Waals surface area contributed by atoms with Crippen LogP contribution in [0.4, 0.5) is 0 Å². The van der Waals surface area contributed by atoms with E-state index in [0.29, 0.717) is 39.3 Å². The Bertz CT molecular complexity index is 1160. The van der Waals surface area contributed by atoms with Gasteiger partial charge in [-0.15, -0.1) is 0 Å². The molecular formula is C25H18Cl2O3. The Hall–Kier alpha value is -3.01. The average molecular weight is 437 g/mol. The summed E-state index contributed by atoms with van der Waals surface area (Å²) in [7, 11) is 0.